The molecule has 1 nitrogen and oxygen atoms in total. The fourth-order valence-electron chi connectivity index (χ4n) is 2.33. The van der Waals surface area contributed by atoms with Crippen molar-refractivity contribution in [1.82, 2.24) is 0 Å². The summed E-state index contributed by atoms with van der Waals surface area (Å²) in [5.74, 6) is 0.0752. The van der Waals surface area contributed by atoms with Crippen LogP contribution in [-0.4, -0.2) is 5.78 Å². The molecule has 3 aromatic rings. The van der Waals surface area contributed by atoms with Gasteiger partial charge in [-0.15, -0.1) is 0 Å². The summed E-state index contributed by atoms with van der Waals surface area (Å²) in [6.07, 6.45) is 20.0. The Morgan fingerprint density at radius 1 is 0.452 bits per heavy atom. The van der Waals surface area contributed by atoms with Gasteiger partial charge in [0.05, 0.1) is 0 Å². The zero-order valence-electron chi connectivity index (χ0n) is 17.3. The summed E-state index contributed by atoms with van der Waals surface area (Å²) in [7, 11) is 0. The average Bonchev–Trinajstić information content (AvgIpc) is 3.61. The topological polar surface area (TPSA) is 17.1 Å². The Hall–Kier alpha value is -1.79. The van der Waals surface area contributed by atoms with Gasteiger partial charge in [0, 0.05) is 37.3 Å². The number of ketones is 1. The first kappa shape index (κ1) is 27.2. The van der Waals surface area contributed by atoms with Crippen molar-refractivity contribution < 1.29 is 31.0 Å². The van der Waals surface area contributed by atoms with Gasteiger partial charge in [0.1, 0.15) is 0 Å². The molecule has 2 saturated carbocycles. The van der Waals surface area contributed by atoms with Crippen LogP contribution in [-0.2, 0) is 26.2 Å². The molecule has 0 atom stereocenters. The van der Waals surface area contributed by atoms with Crippen molar-refractivity contribution in [1.29, 1.82) is 0 Å². The van der Waals surface area contributed by atoms with E-state index in [1.807, 2.05) is 155 Å². The molecule has 5 rings (SSSR count). The van der Waals surface area contributed by atoms with Crippen LogP contribution in [0.15, 0.2) is 91.0 Å². The maximum Gasteiger partial charge on any atom is 0.193 e. The maximum atomic E-state index is 11.8. The van der Waals surface area contributed by atoms with Gasteiger partial charge in [-0.05, 0) is 64.2 Å². The molecule has 0 spiro atoms. The molecule has 2 fully saturated rings. The third-order valence-electron chi connectivity index (χ3n) is 3.79. The molecule has 2 heteroatoms. The molecule has 152 valence electrons. The predicted octanol–water partition coefficient (Wildman–Crippen LogP) is 6.44. The van der Waals surface area contributed by atoms with Gasteiger partial charge in [-0.25, -0.2) is 0 Å². The van der Waals surface area contributed by atoms with E-state index in [0.29, 0.717) is 0 Å². The summed E-state index contributed by atoms with van der Waals surface area (Å²) >= 11 is 0. The van der Waals surface area contributed by atoms with Crippen LogP contribution in [0.1, 0.15) is 15.9 Å². The van der Waals surface area contributed by atoms with Gasteiger partial charge in [0.15, 0.2) is 5.78 Å². The molecule has 0 saturated heterocycles. The third-order valence-corrected chi connectivity index (χ3v) is 3.79. The van der Waals surface area contributed by atoms with Crippen LogP contribution in [0, 0.1) is 70.3 Å². The summed E-state index contributed by atoms with van der Waals surface area (Å²) in [5.41, 5.74) is 1.47. The average molecular weight is 481 g/mol. The molecule has 2 aliphatic rings. The Balaban J connectivity index is 0.000000234. The van der Waals surface area contributed by atoms with Crippen molar-refractivity contribution >= 4 is 5.78 Å². The van der Waals surface area contributed by atoms with Crippen LogP contribution in [0.2, 0.25) is 0 Å². The van der Waals surface area contributed by atoms with E-state index in [2.05, 4.69) is 6.07 Å². The second-order valence-electron chi connectivity index (χ2n) is 6.06. The SMILES string of the molecule is O=C(c1ccccc1)c1ccccc1.[CH]1[CH][CH][CH][CH]1.[CH]1[CH][CH][CH][CH]1.[Zr].[c-]1ccccc1. The van der Waals surface area contributed by atoms with Gasteiger partial charge in [-0.1, -0.05) is 60.7 Å². The first-order valence-corrected chi connectivity index (χ1v) is 9.77. The Labute approximate surface area is 208 Å². The van der Waals surface area contributed by atoms with E-state index in [-0.39, 0.29) is 32.0 Å². The van der Waals surface area contributed by atoms with Crippen LogP contribution in [0.5, 0.6) is 0 Å². The molecule has 0 heterocycles. The molecule has 3 aromatic carbocycles. The Morgan fingerprint density at radius 3 is 0.968 bits per heavy atom. The van der Waals surface area contributed by atoms with Gasteiger partial charge < -0.3 is 0 Å². The van der Waals surface area contributed by atoms with Crippen LogP contribution in [0.25, 0.3) is 0 Å². The molecule has 0 aromatic heterocycles. The summed E-state index contributed by atoms with van der Waals surface area (Å²) in [6.45, 7) is 0. The van der Waals surface area contributed by atoms with Crippen molar-refractivity contribution in [2.75, 3.05) is 0 Å². The van der Waals surface area contributed by atoms with Crippen molar-refractivity contribution in [3.63, 3.8) is 0 Å². The second kappa shape index (κ2) is 18.9. The number of carbonyl (C=O) groups is 1. The summed E-state index contributed by atoms with van der Waals surface area (Å²) in [5, 5.41) is 0. The maximum absolute atomic E-state index is 11.8. The van der Waals surface area contributed by atoms with Crippen molar-refractivity contribution in [3.8, 4) is 0 Å². The Kier molecular flexibility index (Phi) is 16.6. The number of carbonyl (C=O) groups excluding carboxylic acids is 1. The zero-order chi connectivity index (χ0) is 21.1. The number of rotatable bonds is 2. The van der Waals surface area contributed by atoms with E-state index in [4.69, 9.17) is 0 Å². The first-order chi connectivity index (χ1) is 14.9. The van der Waals surface area contributed by atoms with Gasteiger partial charge in [0.2, 0.25) is 0 Å². The van der Waals surface area contributed by atoms with E-state index in [9.17, 15) is 4.79 Å². The molecule has 0 N–H and O–H groups in total. The largest absolute Gasteiger partial charge is 0.289 e. The van der Waals surface area contributed by atoms with Crippen LogP contribution in [0.3, 0.4) is 0 Å². The van der Waals surface area contributed by atoms with Crippen molar-refractivity contribution in [3.05, 3.63) is 172 Å². The van der Waals surface area contributed by atoms with Gasteiger partial charge in [-0.2, -0.15) is 36.4 Å². The third kappa shape index (κ3) is 13.3. The van der Waals surface area contributed by atoms with E-state index < -0.39 is 0 Å². The first-order valence-electron chi connectivity index (χ1n) is 9.77. The standard InChI is InChI=1S/C13H10O.C6H5.2C5H5.Zr/c14-13(11-7-3-1-4-8-11)12-9-5-2-6-10-12;1-2-4-6-5-3-1;2*1-2-4-5-3-1;/h1-10H;1-5H;2*1-5H;/q;-1;;;. The molecule has 31 heavy (non-hydrogen) atoms. The van der Waals surface area contributed by atoms with Crippen molar-refractivity contribution in [2.24, 2.45) is 0 Å². The van der Waals surface area contributed by atoms with Gasteiger partial charge in [-0.3, -0.25) is 4.79 Å². The Bertz CT molecular complexity index is 670. The summed E-state index contributed by atoms with van der Waals surface area (Å²) in [6, 6.07) is 31.1. The molecule has 0 unspecified atom stereocenters. The van der Waals surface area contributed by atoms with Crippen molar-refractivity contribution in [2.45, 2.75) is 0 Å². The molecule has 0 amide bonds. The number of hydrogen-bond acceptors (Lipinski definition) is 1. The zero-order valence-corrected chi connectivity index (χ0v) is 19.8. The monoisotopic (exact) mass is 479 g/mol. The minimum Gasteiger partial charge on any atom is -0.289 e. The van der Waals surface area contributed by atoms with Gasteiger partial charge in [0.25, 0.3) is 0 Å². The normalized spacial score (nSPS) is 13.7. The van der Waals surface area contributed by atoms with E-state index >= 15 is 0 Å². The molecule has 0 aliphatic heterocycles. The van der Waals surface area contributed by atoms with Gasteiger partial charge >= 0.3 is 0 Å². The smallest absolute Gasteiger partial charge is 0.193 e. The minimum absolute atomic E-state index is 0. The molecular weight excluding hydrogens is 456 g/mol. The van der Waals surface area contributed by atoms with Crippen LogP contribution in [0.4, 0.5) is 0 Å². The summed E-state index contributed by atoms with van der Waals surface area (Å²) in [4.78, 5) is 11.8. The fourth-order valence-corrected chi connectivity index (χ4v) is 2.33. The molecular formula is C29H25OZr-. The Morgan fingerprint density at radius 2 is 0.742 bits per heavy atom. The van der Waals surface area contributed by atoms with E-state index in [1.54, 1.807) is 0 Å². The van der Waals surface area contributed by atoms with E-state index in [0.717, 1.165) is 11.1 Å². The molecule has 2 aliphatic carbocycles. The quantitative estimate of drug-likeness (QED) is 0.304. The molecule has 0 bridgehead atoms. The fraction of sp³-hybridized carbons (Fsp3) is 0. The van der Waals surface area contributed by atoms with E-state index in [1.165, 1.54) is 0 Å². The minimum atomic E-state index is 0. The predicted molar refractivity (Wildman–Crippen MR) is 125 cm³/mol. The number of hydrogen-bond donors (Lipinski definition) is 0. The van der Waals surface area contributed by atoms with Crippen LogP contribution >= 0.6 is 0 Å². The summed E-state index contributed by atoms with van der Waals surface area (Å²) < 4.78 is 0. The van der Waals surface area contributed by atoms with Crippen LogP contribution < -0.4 is 0 Å². The molecule has 10 radical (unpaired) electrons. The number of benzene rings is 3. The second-order valence-corrected chi connectivity index (χ2v) is 6.06.